The Morgan fingerprint density at radius 3 is 2.22 bits per heavy atom. The van der Waals surface area contributed by atoms with Crippen molar-refractivity contribution in [3.63, 3.8) is 0 Å². The number of nitrogens with zero attached hydrogens (tertiary/aromatic N) is 1. The average Bonchev–Trinajstić information content (AvgIpc) is 3.07. The van der Waals surface area contributed by atoms with Gasteiger partial charge in [-0.3, -0.25) is 9.59 Å². The lowest BCUT2D eigenvalue weighted by Gasteiger charge is -2.25. The second kappa shape index (κ2) is 10.8. The Hall–Kier alpha value is -3.32. The maximum absolute atomic E-state index is 13.0. The topological polar surface area (TPSA) is 85.3 Å². The van der Waals surface area contributed by atoms with Gasteiger partial charge in [0.1, 0.15) is 17.3 Å². The number of ether oxygens (including phenoxy) is 3. The van der Waals surface area contributed by atoms with Gasteiger partial charge < -0.3 is 24.2 Å². The fourth-order valence-corrected chi connectivity index (χ4v) is 3.76. The number of hydrogen-bond donors (Lipinski definition) is 1. The fraction of sp³-hybridized carbons (Fsp3) is 0.360. The van der Waals surface area contributed by atoms with E-state index in [9.17, 15) is 14.7 Å². The van der Waals surface area contributed by atoms with Gasteiger partial charge in [0.05, 0.1) is 25.3 Å². The molecule has 2 aromatic carbocycles. The van der Waals surface area contributed by atoms with E-state index in [-0.39, 0.29) is 11.3 Å². The molecule has 1 atom stereocenters. The van der Waals surface area contributed by atoms with Crippen molar-refractivity contribution in [2.24, 2.45) is 0 Å². The number of hydrogen-bond acceptors (Lipinski definition) is 6. The van der Waals surface area contributed by atoms with E-state index in [2.05, 4.69) is 0 Å². The first kappa shape index (κ1) is 23.3. The van der Waals surface area contributed by atoms with Crippen LogP contribution in [0.1, 0.15) is 37.4 Å². The summed E-state index contributed by atoms with van der Waals surface area (Å²) >= 11 is 0. The molecule has 1 aliphatic rings. The number of carbonyl (C=O) groups is 2. The zero-order chi connectivity index (χ0) is 23.1. The number of carbonyl (C=O) groups excluding carboxylic acids is 2. The normalized spacial score (nSPS) is 17.6. The summed E-state index contributed by atoms with van der Waals surface area (Å²) in [6.07, 6.45) is 0.580. The molecular formula is C25H29NO6. The van der Waals surface area contributed by atoms with Crippen molar-refractivity contribution < 1.29 is 28.9 Å². The van der Waals surface area contributed by atoms with Crippen molar-refractivity contribution in [1.29, 1.82) is 0 Å². The summed E-state index contributed by atoms with van der Waals surface area (Å²) in [6, 6.07) is 13.2. The molecule has 170 valence electrons. The Morgan fingerprint density at radius 1 is 0.969 bits per heavy atom. The van der Waals surface area contributed by atoms with E-state index in [0.717, 1.165) is 5.56 Å². The predicted octanol–water partition coefficient (Wildman–Crippen LogP) is 3.94. The van der Waals surface area contributed by atoms with Crippen molar-refractivity contribution in [2.75, 3.05) is 33.5 Å². The van der Waals surface area contributed by atoms with Crippen LogP contribution in [-0.4, -0.2) is 55.2 Å². The molecule has 0 aliphatic carbocycles. The van der Waals surface area contributed by atoms with Crippen molar-refractivity contribution in [2.45, 2.75) is 26.3 Å². The number of aliphatic hydroxyl groups is 1. The quantitative estimate of drug-likeness (QED) is 0.261. The zero-order valence-electron chi connectivity index (χ0n) is 18.7. The summed E-state index contributed by atoms with van der Waals surface area (Å²) < 4.78 is 16.1. The molecule has 1 aliphatic heterocycles. The molecule has 0 aromatic heterocycles. The second-order valence-electron chi connectivity index (χ2n) is 7.27. The molecular weight excluding hydrogens is 410 g/mol. The van der Waals surface area contributed by atoms with Crippen molar-refractivity contribution in [3.8, 4) is 11.5 Å². The molecule has 0 saturated carbocycles. The largest absolute Gasteiger partial charge is 0.507 e. The van der Waals surface area contributed by atoms with Gasteiger partial charge in [-0.25, -0.2) is 0 Å². The highest BCUT2D eigenvalue weighted by molar-refractivity contribution is 6.46. The van der Waals surface area contributed by atoms with Gasteiger partial charge in [0.15, 0.2) is 0 Å². The van der Waals surface area contributed by atoms with Gasteiger partial charge in [-0.05, 0) is 62.2 Å². The Kier molecular flexibility index (Phi) is 7.89. The van der Waals surface area contributed by atoms with Crippen LogP contribution in [0.4, 0.5) is 0 Å². The minimum Gasteiger partial charge on any atom is -0.507 e. The maximum Gasteiger partial charge on any atom is 0.295 e. The summed E-state index contributed by atoms with van der Waals surface area (Å²) in [5.74, 6) is -0.220. The van der Waals surface area contributed by atoms with Crippen molar-refractivity contribution in [3.05, 3.63) is 65.2 Å². The Balaban J connectivity index is 2.03. The first-order chi connectivity index (χ1) is 15.5. The fourth-order valence-electron chi connectivity index (χ4n) is 3.76. The summed E-state index contributed by atoms with van der Waals surface area (Å²) in [4.78, 5) is 27.4. The minimum atomic E-state index is -0.700. The van der Waals surface area contributed by atoms with Gasteiger partial charge >= 0.3 is 0 Å². The Bertz CT molecular complexity index is 965. The minimum absolute atomic E-state index is 0.0701. The lowest BCUT2D eigenvalue weighted by atomic mass is 9.95. The summed E-state index contributed by atoms with van der Waals surface area (Å²) in [6.45, 7) is 5.73. The van der Waals surface area contributed by atoms with Crippen LogP contribution in [0.25, 0.3) is 5.76 Å². The molecule has 1 unspecified atom stereocenters. The average molecular weight is 440 g/mol. The van der Waals surface area contributed by atoms with Gasteiger partial charge in [-0.2, -0.15) is 0 Å². The summed E-state index contributed by atoms with van der Waals surface area (Å²) in [5.41, 5.74) is 1.23. The molecule has 2 aromatic rings. The van der Waals surface area contributed by atoms with E-state index in [1.165, 1.54) is 4.90 Å². The van der Waals surface area contributed by atoms with Gasteiger partial charge in [0, 0.05) is 25.3 Å². The number of likely N-dealkylation sites (tertiary alicyclic amines) is 1. The third-order valence-electron chi connectivity index (χ3n) is 5.30. The highest BCUT2D eigenvalue weighted by Crippen LogP contribution is 2.40. The lowest BCUT2D eigenvalue weighted by Crippen LogP contribution is -2.31. The van der Waals surface area contributed by atoms with E-state index in [1.54, 1.807) is 43.5 Å². The van der Waals surface area contributed by atoms with E-state index in [4.69, 9.17) is 14.2 Å². The third-order valence-corrected chi connectivity index (χ3v) is 5.30. The molecule has 0 spiro atoms. The van der Waals surface area contributed by atoms with Gasteiger partial charge in [0.25, 0.3) is 11.7 Å². The van der Waals surface area contributed by atoms with Crippen LogP contribution in [0, 0.1) is 0 Å². The van der Waals surface area contributed by atoms with Crippen LogP contribution < -0.4 is 9.47 Å². The molecule has 1 N–H and O–H groups in total. The van der Waals surface area contributed by atoms with Gasteiger partial charge in [0.2, 0.25) is 0 Å². The van der Waals surface area contributed by atoms with E-state index >= 15 is 0 Å². The molecule has 32 heavy (non-hydrogen) atoms. The number of ketones is 1. The molecule has 0 bridgehead atoms. The van der Waals surface area contributed by atoms with Crippen LogP contribution in [-0.2, 0) is 14.3 Å². The van der Waals surface area contributed by atoms with Crippen LogP contribution in [0.3, 0.4) is 0 Å². The molecule has 1 saturated heterocycles. The van der Waals surface area contributed by atoms with E-state index in [1.807, 2.05) is 26.0 Å². The molecule has 3 rings (SSSR count). The smallest absolute Gasteiger partial charge is 0.295 e. The number of benzene rings is 2. The number of rotatable bonds is 10. The highest BCUT2D eigenvalue weighted by Gasteiger charge is 2.45. The number of amides is 1. The first-order valence-corrected chi connectivity index (χ1v) is 10.7. The molecule has 0 radical (unpaired) electrons. The SMILES string of the molecule is CCOCCCN1C(=O)C(=O)/C(=C(/O)c2ccc(OC)cc2)C1c1ccc(OCC)cc1. The number of methoxy groups -OCH3 is 1. The maximum atomic E-state index is 13.0. The van der Waals surface area contributed by atoms with Crippen molar-refractivity contribution >= 4 is 17.4 Å². The van der Waals surface area contributed by atoms with E-state index in [0.29, 0.717) is 49.8 Å². The lowest BCUT2D eigenvalue weighted by molar-refractivity contribution is -0.140. The van der Waals surface area contributed by atoms with Gasteiger partial charge in [-0.15, -0.1) is 0 Å². The van der Waals surface area contributed by atoms with Crippen LogP contribution in [0.5, 0.6) is 11.5 Å². The Labute approximate surface area is 188 Å². The first-order valence-electron chi connectivity index (χ1n) is 10.7. The summed E-state index contributed by atoms with van der Waals surface area (Å²) in [5, 5.41) is 11.1. The molecule has 1 heterocycles. The molecule has 7 heteroatoms. The third kappa shape index (κ3) is 4.94. The van der Waals surface area contributed by atoms with Crippen molar-refractivity contribution in [1.82, 2.24) is 4.90 Å². The molecule has 1 fully saturated rings. The van der Waals surface area contributed by atoms with Gasteiger partial charge in [-0.1, -0.05) is 12.1 Å². The van der Waals surface area contributed by atoms with E-state index < -0.39 is 17.7 Å². The standard InChI is InChI=1S/C25H29NO6/c1-4-31-16-6-15-26-22(17-7-13-20(14-8-17)32-5-2)21(24(28)25(26)29)23(27)18-9-11-19(30-3)12-10-18/h7-14,22,27H,4-6,15-16H2,1-3H3/b23-21+. The second-order valence-corrected chi connectivity index (χ2v) is 7.27. The van der Waals surface area contributed by atoms with Crippen LogP contribution in [0.2, 0.25) is 0 Å². The Morgan fingerprint density at radius 2 is 1.62 bits per heavy atom. The molecule has 1 amide bonds. The predicted molar refractivity (Wildman–Crippen MR) is 121 cm³/mol. The van der Waals surface area contributed by atoms with Crippen LogP contribution in [0.15, 0.2) is 54.1 Å². The zero-order valence-corrected chi connectivity index (χ0v) is 18.7. The summed E-state index contributed by atoms with van der Waals surface area (Å²) in [7, 11) is 1.55. The van der Waals surface area contributed by atoms with Crippen LogP contribution >= 0.6 is 0 Å². The number of Topliss-reactive ketones (excluding diaryl/α,β-unsaturated/α-hetero) is 1. The molecule has 7 nitrogen and oxygen atoms in total. The highest BCUT2D eigenvalue weighted by atomic mass is 16.5. The number of aliphatic hydroxyl groups excluding tert-OH is 1. The monoisotopic (exact) mass is 439 g/mol.